The Hall–Kier alpha value is -0.765. The summed E-state index contributed by atoms with van der Waals surface area (Å²) in [5.74, 6) is 0. The molecule has 1 aromatic rings. The summed E-state index contributed by atoms with van der Waals surface area (Å²) in [4.78, 5) is 0. The van der Waals surface area contributed by atoms with Crippen LogP contribution in [0.4, 0.5) is 0 Å². The Morgan fingerprint density at radius 2 is 2.40 bits per heavy atom. The van der Waals surface area contributed by atoms with E-state index in [4.69, 9.17) is 7.85 Å². The van der Waals surface area contributed by atoms with Gasteiger partial charge in [-0.15, -0.1) is 0 Å². The first-order chi connectivity index (χ1) is 4.88. The van der Waals surface area contributed by atoms with Gasteiger partial charge >= 0.3 is 0 Å². The molecule has 0 spiro atoms. The molecule has 4 heteroatoms. The van der Waals surface area contributed by atoms with Gasteiger partial charge in [-0.25, -0.2) is 0 Å². The molecule has 2 heterocycles. The molecule has 0 atom stereocenters. The lowest BCUT2D eigenvalue weighted by molar-refractivity contribution is 0.638. The summed E-state index contributed by atoms with van der Waals surface area (Å²) in [6.45, 7) is 1.87. The molecule has 3 nitrogen and oxygen atoms in total. The maximum absolute atomic E-state index is 5.60. The minimum Gasteiger partial charge on any atom is -0.312 e. The molecule has 1 aliphatic rings. The average molecular weight is 133 g/mol. The van der Waals surface area contributed by atoms with Crippen molar-refractivity contribution in [3.05, 3.63) is 11.3 Å². The van der Waals surface area contributed by atoms with E-state index in [9.17, 15) is 0 Å². The Bertz CT molecular complexity index is 243. The summed E-state index contributed by atoms with van der Waals surface area (Å²) in [6, 6.07) is 0. The smallest absolute Gasteiger partial charge is 0.141 e. The van der Waals surface area contributed by atoms with Crippen LogP contribution in [0.2, 0.25) is 0 Å². The molecule has 0 aromatic carbocycles. The van der Waals surface area contributed by atoms with Crippen molar-refractivity contribution in [1.29, 1.82) is 0 Å². The van der Waals surface area contributed by atoms with Gasteiger partial charge in [0.1, 0.15) is 7.85 Å². The van der Waals surface area contributed by atoms with Gasteiger partial charge in [-0.2, -0.15) is 5.10 Å². The zero-order chi connectivity index (χ0) is 6.97. The Labute approximate surface area is 60.6 Å². The first-order valence-electron chi connectivity index (χ1n) is 3.40. The van der Waals surface area contributed by atoms with E-state index >= 15 is 0 Å². The van der Waals surface area contributed by atoms with E-state index in [-0.39, 0.29) is 0 Å². The van der Waals surface area contributed by atoms with Gasteiger partial charge < -0.3 is 5.32 Å². The Morgan fingerprint density at radius 1 is 1.50 bits per heavy atom. The lowest BCUT2D eigenvalue weighted by Gasteiger charge is -2.11. The summed E-state index contributed by atoms with van der Waals surface area (Å²) in [6.07, 6.45) is 0.989. The number of hydrogen-bond donors (Lipinski definition) is 2. The van der Waals surface area contributed by atoms with E-state index in [1.807, 2.05) is 0 Å². The number of fused-ring (bicyclic) bond motifs is 1. The van der Waals surface area contributed by atoms with Crippen LogP contribution in [0, 0.1) is 0 Å². The monoisotopic (exact) mass is 133 g/mol. The molecule has 0 amide bonds. The second-order valence-electron chi connectivity index (χ2n) is 2.49. The first-order valence-corrected chi connectivity index (χ1v) is 3.40. The van der Waals surface area contributed by atoms with Gasteiger partial charge in [-0.3, -0.25) is 5.10 Å². The van der Waals surface area contributed by atoms with Crippen molar-refractivity contribution in [3.8, 4) is 0 Å². The fraction of sp³-hybridized carbons (Fsp3) is 0.500. The second-order valence-corrected chi connectivity index (χ2v) is 2.49. The van der Waals surface area contributed by atoms with E-state index in [1.165, 1.54) is 0 Å². The maximum Gasteiger partial charge on any atom is 0.141 e. The van der Waals surface area contributed by atoms with Crippen molar-refractivity contribution in [2.24, 2.45) is 0 Å². The summed E-state index contributed by atoms with van der Waals surface area (Å²) in [5, 5.41) is 10.1. The zero-order valence-electron chi connectivity index (χ0n) is 5.65. The Morgan fingerprint density at radius 3 is 3.20 bits per heavy atom. The summed E-state index contributed by atoms with van der Waals surface area (Å²) < 4.78 is 0. The summed E-state index contributed by atoms with van der Waals surface area (Å²) in [7, 11) is 5.60. The van der Waals surface area contributed by atoms with Gasteiger partial charge in [0.2, 0.25) is 0 Å². The van der Waals surface area contributed by atoms with Crippen LogP contribution in [-0.4, -0.2) is 24.6 Å². The predicted molar refractivity (Wildman–Crippen MR) is 39.4 cm³/mol. The molecule has 2 radical (unpaired) electrons. The lowest BCUT2D eigenvalue weighted by Crippen LogP contribution is -2.26. The van der Waals surface area contributed by atoms with Gasteiger partial charge in [0.25, 0.3) is 0 Å². The topological polar surface area (TPSA) is 40.7 Å². The summed E-state index contributed by atoms with van der Waals surface area (Å²) in [5.41, 5.74) is 2.98. The van der Waals surface area contributed by atoms with Crippen LogP contribution in [0.5, 0.6) is 0 Å². The SMILES string of the molecule is [B]c1[nH]nc2c1CNCC2. The number of rotatable bonds is 0. The third kappa shape index (κ3) is 0.760. The highest BCUT2D eigenvalue weighted by molar-refractivity contribution is 6.31. The average Bonchev–Trinajstić information content (AvgIpc) is 2.34. The maximum atomic E-state index is 5.60. The molecule has 0 saturated carbocycles. The van der Waals surface area contributed by atoms with Crippen molar-refractivity contribution >= 4 is 13.4 Å². The number of nitrogens with zero attached hydrogens (tertiary/aromatic N) is 1. The molecular formula is C6H8BN3. The predicted octanol–water partition coefficient (Wildman–Crippen LogP) is -1.15. The molecule has 10 heavy (non-hydrogen) atoms. The molecule has 0 aliphatic carbocycles. The Kier molecular flexibility index (Phi) is 1.27. The van der Waals surface area contributed by atoms with E-state index < -0.39 is 0 Å². The van der Waals surface area contributed by atoms with Gasteiger partial charge in [0.15, 0.2) is 0 Å². The molecule has 0 unspecified atom stereocenters. The number of hydrogen-bond acceptors (Lipinski definition) is 2. The summed E-state index contributed by atoms with van der Waals surface area (Å²) >= 11 is 0. The van der Waals surface area contributed by atoms with Crippen molar-refractivity contribution in [2.45, 2.75) is 13.0 Å². The van der Waals surface area contributed by atoms with Crippen LogP contribution < -0.4 is 10.9 Å². The van der Waals surface area contributed by atoms with Gasteiger partial charge in [-0.05, 0) is 11.2 Å². The number of aromatic amines is 1. The van der Waals surface area contributed by atoms with Gasteiger partial charge in [0.05, 0.1) is 5.69 Å². The second kappa shape index (κ2) is 2.13. The van der Waals surface area contributed by atoms with E-state index in [1.54, 1.807) is 0 Å². The van der Waals surface area contributed by atoms with Crippen molar-refractivity contribution in [2.75, 3.05) is 6.54 Å². The third-order valence-electron chi connectivity index (χ3n) is 1.83. The number of aromatic nitrogens is 2. The van der Waals surface area contributed by atoms with Crippen molar-refractivity contribution in [3.63, 3.8) is 0 Å². The molecule has 2 rings (SSSR count). The number of nitrogens with one attached hydrogen (secondary N) is 2. The Balaban J connectivity index is 2.45. The third-order valence-corrected chi connectivity index (χ3v) is 1.83. The highest BCUT2D eigenvalue weighted by Crippen LogP contribution is 2.05. The fourth-order valence-corrected chi connectivity index (χ4v) is 1.24. The standard InChI is InChI=1S/C6H8BN3/c7-6-4-3-8-2-1-5(4)9-10-6/h8H,1-3H2,(H,9,10). The first kappa shape index (κ1) is 5.98. The van der Waals surface area contributed by atoms with E-state index in [0.29, 0.717) is 5.59 Å². The van der Waals surface area contributed by atoms with Crippen LogP contribution in [0.15, 0.2) is 0 Å². The molecule has 0 bridgehead atoms. The normalized spacial score (nSPS) is 16.8. The van der Waals surface area contributed by atoms with Crippen LogP contribution in [0.25, 0.3) is 0 Å². The lowest BCUT2D eigenvalue weighted by atomic mass is 9.95. The minimum absolute atomic E-state index is 0.710. The highest BCUT2D eigenvalue weighted by Gasteiger charge is 2.12. The van der Waals surface area contributed by atoms with Gasteiger partial charge in [0, 0.05) is 19.5 Å². The van der Waals surface area contributed by atoms with Crippen LogP contribution in [0.1, 0.15) is 11.3 Å². The molecule has 50 valence electrons. The van der Waals surface area contributed by atoms with Crippen molar-refractivity contribution in [1.82, 2.24) is 15.5 Å². The van der Waals surface area contributed by atoms with E-state index in [2.05, 4.69) is 15.5 Å². The molecule has 1 aromatic heterocycles. The highest BCUT2D eigenvalue weighted by atomic mass is 15.1. The zero-order valence-corrected chi connectivity index (χ0v) is 5.65. The minimum atomic E-state index is 0.710. The van der Waals surface area contributed by atoms with Gasteiger partial charge in [-0.1, -0.05) is 0 Å². The quantitative estimate of drug-likeness (QED) is 0.438. The molecule has 0 saturated heterocycles. The molecular weight excluding hydrogens is 125 g/mol. The molecule has 0 fully saturated rings. The molecule has 2 N–H and O–H groups in total. The number of H-pyrrole nitrogens is 1. The largest absolute Gasteiger partial charge is 0.312 e. The van der Waals surface area contributed by atoms with Crippen LogP contribution in [-0.2, 0) is 13.0 Å². The van der Waals surface area contributed by atoms with Crippen molar-refractivity contribution < 1.29 is 0 Å². The van der Waals surface area contributed by atoms with E-state index in [0.717, 1.165) is 30.8 Å². The van der Waals surface area contributed by atoms with Crippen LogP contribution in [0.3, 0.4) is 0 Å². The van der Waals surface area contributed by atoms with Crippen LogP contribution >= 0.6 is 0 Å². The fourth-order valence-electron chi connectivity index (χ4n) is 1.24. The molecule has 1 aliphatic heterocycles.